The number of aliphatic carboxylic acids is 1. The Balaban J connectivity index is 1.10. The Labute approximate surface area is 278 Å². The van der Waals surface area contributed by atoms with E-state index in [4.69, 9.17) is 4.74 Å². The van der Waals surface area contributed by atoms with Gasteiger partial charge in [0.15, 0.2) is 0 Å². The number of carbonyl (C=O) groups is 4. The van der Waals surface area contributed by atoms with E-state index in [0.29, 0.717) is 24.5 Å². The van der Waals surface area contributed by atoms with E-state index in [1.165, 1.54) is 6.42 Å². The first kappa shape index (κ1) is 33.9. The van der Waals surface area contributed by atoms with Crippen molar-refractivity contribution < 1.29 is 29.0 Å². The molecule has 1 fully saturated rings. The average molecular weight is 656 g/mol. The summed E-state index contributed by atoms with van der Waals surface area (Å²) in [6.45, 7) is 0.665. The predicted molar refractivity (Wildman–Crippen MR) is 179 cm³/mol. The van der Waals surface area contributed by atoms with Gasteiger partial charge >= 0.3 is 18.1 Å². The second kappa shape index (κ2) is 16.9. The monoisotopic (exact) mass is 655 g/mol. The van der Waals surface area contributed by atoms with Crippen LogP contribution in [0, 0.1) is 0 Å². The lowest BCUT2D eigenvalue weighted by Crippen LogP contribution is -2.48. The van der Waals surface area contributed by atoms with Gasteiger partial charge in [-0.25, -0.2) is 19.4 Å². The first-order valence-corrected chi connectivity index (χ1v) is 16.1. The minimum Gasteiger partial charge on any atom is -0.480 e. The molecule has 0 aliphatic heterocycles. The van der Waals surface area contributed by atoms with Crippen LogP contribution in [0.15, 0.2) is 78.9 Å². The first-order valence-electron chi connectivity index (χ1n) is 16.1. The smallest absolute Gasteiger partial charge is 0.408 e. The van der Waals surface area contributed by atoms with E-state index < -0.39 is 24.0 Å². The third kappa shape index (κ3) is 10.0. The van der Waals surface area contributed by atoms with Crippen LogP contribution in [0.2, 0.25) is 0 Å². The zero-order valence-electron chi connectivity index (χ0n) is 26.6. The summed E-state index contributed by atoms with van der Waals surface area (Å²) < 4.78 is 5.09. The highest BCUT2D eigenvalue weighted by Gasteiger charge is 2.23. The molecule has 1 aliphatic carbocycles. The summed E-state index contributed by atoms with van der Waals surface area (Å²) in [6.07, 6.45) is 4.48. The van der Waals surface area contributed by atoms with Crippen molar-refractivity contribution >= 4 is 35.0 Å². The van der Waals surface area contributed by atoms with Crippen LogP contribution in [0.5, 0.6) is 0 Å². The van der Waals surface area contributed by atoms with Crippen LogP contribution >= 0.6 is 0 Å². The normalized spacial score (nSPS) is 13.8. The largest absolute Gasteiger partial charge is 0.480 e. The highest BCUT2D eigenvalue weighted by molar-refractivity contribution is 5.94. The Morgan fingerprint density at radius 2 is 1.65 bits per heavy atom. The molecule has 0 unspecified atom stereocenters. The van der Waals surface area contributed by atoms with E-state index in [1.54, 1.807) is 53.4 Å². The maximum atomic E-state index is 13.3. The zero-order chi connectivity index (χ0) is 33.7. The third-order valence-electron chi connectivity index (χ3n) is 8.12. The van der Waals surface area contributed by atoms with E-state index >= 15 is 0 Å². The SMILES string of the molecule is O=C(N[C@@H](CNC(=O)c1ccc(CNCN(Cc2nc3ccccc3[nH]2)C(=O)NC2CCCCC2)cc1)C(=O)O)OCc1ccccc1. The van der Waals surface area contributed by atoms with Gasteiger partial charge in [-0.3, -0.25) is 10.1 Å². The number of nitrogens with zero attached hydrogens (tertiary/aromatic N) is 2. The number of carbonyl (C=O) groups excluding carboxylic acids is 3. The number of imidazole rings is 1. The second-order valence-corrected chi connectivity index (χ2v) is 11.8. The van der Waals surface area contributed by atoms with Crippen molar-refractivity contribution in [1.82, 2.24) is 36.1 Å². The van der Waals surface area contributed by atoms with Crippen LogP contribution in [-0.2, 0) is 29.2 Å². The van der Waals surface area contributed by atoms with Gasteiger partial charge in [-0.1, -0.05) is 73.9 Å². The number of benzene rings is 3. The Kier molecular flexibility index (Phi) is 12.0. The number of para-hydroxylation sites is 2. The number of amides is 4. The first-order chi connectivity index (χ1) is 23.3. The number of nitrogens with one attached hydrogen (secondary N) is 5. The van der Waals surface area contributed by atoms with Gasteiger partial charge in [0.25, 0.3) is 5.91 Å². The van der Waals surface area contributed by atoms with Crippen LogP contribution < -0.4 is 21.3 Å². The van der Waals surface area contributed by atoms with E-state index in [0.717, 1.165) is 47.8 Å². The lowest BCUT2D eigenvalue weighted by Gasteiger charge is -2.28. The molecule has 3 aromatic carbocycles. The molecule has 252 valence electrons. The molecule has 0 bridgehead atoms. The Hall–Kier alpha value is -5.43. The van der Waals surface area contributed by atoms with E-state index in [1.807, 2.05) is 30.3 Å². The number of carboxylic acids is 1. The number of aromatic amines is 1. The lowest BCUT2D eigenvalue weighted by molar-refractivity contribution is -0.139. The molecule has 13 nitrogen and oxygen atoms in total. The second-order valence-electron chi connectivity index (χ2n) is 11.8. The summed E-state index contributed by atoms with van der Waals surface area (Å²) in [4.78, 5) is 59.5. The number of hydrogen-bond acceptors (Lipinski definition) is 7. The lowest BCUT2D eigenvalue weighted by atomic mass is 9.96. The van der Waals surface area contributed by atoms with E-state index in [9.17, 15) is 24.3 Å². The molecule has 6 N–H and O–H groups in total. The predicted octanol–water partition coefficient (Wildman–Crippen LogP) is 4.26. The minimum atomic E-state index is -1.38. The molecule has 0 spiro atoms. The highest BCUT2D eigenvalue weighted by atomic mass is 16.5. The standard InChI is InChI=1S/C35H41N7O6/c43-32(37-20-30(33(44)45)41-35(47)48-22-25-9-3-1-4-10-25)26-17-15-24(16-18-26)19-36-23-42(34(46)38-27-11-5-2-6-12-27)21-31-39-28-13-7-8-14-29(28)40-31/h1,3-4,7-10,13-18,27,30,36H,2,5-6,11-12,19-23H2,(H,37,43)(H,38,46)(H,39,40)(H,41,47)(H,44,45)/t30-/m0/s1. The van der Waals surface area contributed by atoms with Gasteiger partial charge in [-0.05, 0) is 48.2 Å². The van der Waals surface area contributed by atoms with Gasteiger partial charge in [-0.2, -0.15) is 0 Å². The van der Waals surface area contributed by atoms with E-state index in [2.05, 4.69) is 31.2 Å². The van der Waals surface area contributed by atoms with Crippen molar-refractivity contribution in [3.8, 4) is 0 Å². The molecule has 0 radical (unpaired) electrons. The van der Waals surface area contributed by atoms with Crippen molar-refractivity contribution in [3.63, 3.8) is 0 Å². The minimum absolute atomic E-state index is 0.0143. The summed E-state index contributed by atoms with van der Waals surface area (Å²) >= 11 is 0. The fourth-order valence-electron chi connectivity index (χ4n) is 5.49. The van der Waals surface area contributed by atoms with Crippen molar-refractivity contribution in [3.05, 3.63) is 101 Å². The van der Waals surface area contributed by atoms with Crippen LogP contribution in [0.25, 0.3) is 11.0 Å². The molecule has 1 heterocycles. The third-order valence-corrected chi connectivity index (χ3v) is 8.12. The highest BCUT2D eigenvalue weighted by Crippen LogP contribution is 2.18. The number of ether oxygens (including phenoxy) is 1. The average Bonchev–Trinajstić information content (AvgIpc) is 3.52. The maximum absolute atomic E-state index is 13.3. The molecular formula is C35H41N7O6. The van der Waals surface area contributed by atoms with Crippen LogP contribution in [-0.4, -0.2) is 69.3 Å². The summed E-state index contributed by atoms with van der Waals surface area (Å²) in [5.41, 5.74) is 3.72. The molecule has 4 aromatic rings. The van der Waals surface area contributed by atoms with Gasteiger partial charge < -0.3 is 35.7 Å². The Bertz CT molecular complexity index is 1640. The van der Waals surface area contributed by atoms with Crippen LogP contribution in [0.1, 0.15) is 59.4 Å². The number of H-pyrrole nitrogens is 1. The summed E-state index contributed by atoms with van der Waals surface area (Å²) in [5, 5.41) is 20.8. The molecule has 1 saturated carbocycles. The number of aromatic nitrogens is 2. The summed E-state index contributed by atoms with van der Waals surface area (Å²) in [5.74, 6) is -1.11. The number of fused-ring (bicyclic) bond motifs is 1. The molecule has 1 aromatic heterocycles. The van der Waals surface area contributed by atoms with Crippen LogP contribution in [0.3, 0.4) is 0 Å². The molecule has 0 saturated heterocycles. The molecule has 1 aliphatic rings. The Morgan fingerprint density at radius 3 is 2.38 bits per heavy atom. The van der Waals surface area contributed by atoms with Crippen molar-refractivity contribution in [2.75, 3.05) is 13.2 Å². The van der Waals surface area contributed by atoms with Gasteiger partial charge in [0.2, 0.25) is 0 Å². The van der Waals surface area contributed by atoms with Gasteiger partial charge in [0.05, 0.1) is 24.2 Å². The molecule has 1 atom stereocenters. The summed E-state index contributed by atoms with van der Waals surface area (Å²) in [7, 11) is 0. The van der Waals surface area contributed by atoms with Crippen LogP contribution in [0.4, 0.5) is 9.59 Å². The fraction of sp³-hybridized carbons (Fsp3) is 0.343. The number of rotatable bonds is 14. The van der Waals surface area contributed by atoms with Crippen molar-refractivity contribution in [2.45, 2.75) is 63.9 Å². The Morgan fingerprint density at radius 1 is 0.917 bits per heavy atom. The molecule has 48 heavy (non-hydrogen) atoms. The van der Waals surface area contributed by atoms with E-state index in [-0.39, 0.29) is 31.9 Å². The van der Waals surface area contributed by atoms with Crippen molar-refractivity contribution in [1.29, 1.82) is 0 Å². The molecular weight excluding hydrogens is 614 g/mol. The van der Waals surface area contributed by atoms with Crippen molar-refractivity contribution in [2.24, 2.45) is 0 Å². The maximum Gasteiger partial charge on any atom is 0.408 e. The number of urea groups is 1. The van der Waals surface area contributed by atoms with Gasteiger partial charge in [-0.15, -0.1) is 0 Å². The van der Waals surface area contributed by atoms with Gasteiger partial charge in [0, 0.05) is 24.7 Å². The summed E-state index contributed by atoms with van der Waals surface area (Å²) in [6, 6.07) is 22.2. The number of hydrogen-bond donors (Lipinski definition) is 6. The topological polar surface area (TPSA) is 178 Å². The fourth-order valence-corrected chi connectivity index (χ4v) is 5.49. The van der Waals surface area contributed by atoms with Gasteiger partial charge in [0.1, 0.15) is 18.5 Å². The number of carboxylic acid groups (broad SMARTS) is 1. The number of alkyl carbamates (subject to hydrolysis) is 1. The molecule has 4 amide bonds. The molecule has 13 heteroatoms. The quantitative estimate of drug-likeness (QED) is 0.109. The zero-order valence-corrected chi connectivity index (χ0v) is 26.6. The molecule has 5 rings (SSSR count).